The Morgan fingerprint density at radius 1 is 1.26 bits per heavy atom. The molecule has 0 spiro atoms. The fourth-order valence-electron chi connectivity index (χ4n) is 2.18. The van der Waals surface area contributed by atoms with Gasteiger partial charge in [-0.3, -0.25) is 0 Å². The summed E-state index contributed by atoms with van der Waals surface area (Å²) < 4.78 is 27.1. The second-order valence-corrected chi connectivity index (χ2v) is 6.75. The van der Waals surface area contributed by atoms with Crippen molar-refractivity contribution in [2.75, 3.05) is 0 Å². The van der Waals surface area contributed by atoms with Crippen molar-refractivity contribution in [2.45, 2.75) is 30.7 Å². The van der Waals surface area contributed by atoms with Gasteiger partial charge in [-0.1, -0.05) is 0 Å². The minimum atomic E-state index is -3.53. The lowest BCUT2D eigenvalue weighted by molar-refractivity contribution is 0.538. The van der Waals surface area contributed by atoms with Crippen molar-refractivity contribution < 1.29 is 8.42 Å². The molecule has 6 nitrogen and oxygen atoms in total. The van der Waals surface area contributed by atoms with E-state index in [-0.39, 0.29) is 16.6 Å². The Labute approximate surface area is 110 Å². The first-order valence-corrected chi connectivity index (χ1v) is 7.68. The van der Waals surface area contributed by atoms with E-state index in [0.717, 1.165) is 12.8 Å². The molecular formula is C12H15N3O3S. The lowest BCUT2D eigenvalue weighted by atomic mass is 10.2. The number of imidazole rings is 1. The first kappa shape index (κ1) is 12.4. The maximum absolute atomic E-state index is 12.2. The molecule has 0 bridgehead atoms. The summed E-state index contributed by atoms with van der Waals surface area (Å²) in [6.45, 7) is 1.88. The van der Waals surface area contributed by atoms with Gasteiger partial charge < -0.3 is 9.97 Å². The monoisotopic (exact) mass is 281 g/mol. The van der Waals surface area contributed by atoms with E-state index in [2.05, 4.69) is 14.7 Å². The number of rotatable bonds is 4. The molecule has 19 heavy (non-hydrogen) atoms. The van der Waals surface area contributed by atoms with E-state index in [9.17, 15) is 13.2 Å². The first-order chi connectivity index (χ1) is 8.95. The van der Waals surface area contributed by atoms with Gasteiger partial charge >= 0.3 is 5.69 Å². The molecule has 1 aliphatic rings. The number of hydrogen-bond acceptors (Lipinski definition) is 3. The first-order valence-electron chi connectivity index (χ1n) is 6.20. The molecule has 0 radical (unpaired) electrons. The zero-order chi connectivity index (χ0) is 13.6. The molecule has 0 saturated heterocycles. The largest absolute Gasteiger partial charge is 0.323 e. The molecule has 1 aromatic carbocycles. The SMILES string of the molecule is C[C@@H](NS(=O)(=O)c1ccc2[nH]c(=O)[nH]c2c1)C1CC1. The number of H-pyrrole nitrogens is 2. The van der Waals surface area contributed by atoms with Crippen LogP contribution in [0.5, 0.6) is 0 Å². The van der Waals surface area contributed by atoms with Crippen LogP contribution in [0.25, 0.3) is 11.0 Å². The van der Waals surface area contributed by atoms with Crippen molar-refractivity contribution >= 4 is 21.1 Å². The quantitative estimate of drug-likeness (QED) is 0.778. The van der Waals surface area contributed by atoms with E-state index < -0.39 is 10.0 Å². The topological polar surface area (TPSA) is 94.8 Å². The van der Waals surface area contributed by atoms with E-state index in [0.29, 0.717) is 17.0 Å². The van der Waals surface area contributed by atoms with Gasteiger partial charge in [-0.25, -0.2) is 17.9 Å². The fourth-order valence-corrected chi connectivity index (χ4v) is 3.52. The van der Waals surface area contributed by atoms with Crippen molar-refractivity contribution in [3.8, 4) is 0 Å². The Hall–Kier alpha value is -1.60. The van der Waals surface area contributed by atoms with Crippen molar-refractivity contribution in [1.82, 2.24) is 14.7 Å². The summed E-state index contributed by atoms with van der Waals surface area (Å²) in [5, 5.41) is 0. The molecule has 1 saturated carbocycles. The zero-order valence-electron chi connectivity index (χ0n) is 10.4. The maximum Gasteiger partial charge on any atom is 0.323 e. The molecule has 3 N–H and O–H groups in total. The summed E-state index contributed by atoms with van der Waals surface area (Å²) in [4.78, 5) is 16.5. The van der Waals surface area contributed by atoms with Crippen LogP contribution in [0.4, 0.5) is 0 Å². The van der Waals surface area contributed by atoms with E-state index in [1.165, 1.54) is 12.1 Å². The van der Waals surface area contributed by atoms with E-state index >= 15 is 0 Å². The van der Waals surface area contributed by atoms with Crippen LogP contribution in [0.15, 0.2) is 27.9 Å². The van der Waals surface area contributed by atoms with Crippen LogP contribution in [0, 0.1) is 5.92 Å². The Morgan fingerprint density at radius 3 is 2.63 bits per heavy atom. The van der Waals surface area contributed by atoms with Gasteiger partial charge in [0.05, 0.1) is 15.9 Å². The predicted molar refractivity (Wildman–Crippen MR) is 71.4 cm³/mol. The van der Waals surface area contributed by atoms with E-state index in [1.54, 1.807) is 6.07 Å². The zero-order valence-corrected chi connectivity index (χ0v) is 11.3. The minimum absolute atomic E-state index is 0.0500. The summed E-state index contributed by atoms with van der Waals surface area (Å²) >= 11 is 0. The number of benzene rings is 1. The van der Waals surface area contributed by atoms with Crippen molar-refractivity contribution in [3.05, 3.63) is 28.7 Å². The van der Waals surface area contributed by atoms with E-state index in [1.807, 2.05) is 6.92 Å². The minimum Gasteiger partial charge on any atom is -0.306 e. The highest BCUT2D eigenvalue weighted by molar-refractivity contribution is 7.89. The van der Waals surface area contributed by atoms with Gasteiger partial charge in [0.2, 0.25) is 10.0 Å². The molecule has 3 rings (SSSR count). The van der Waals surface area contributed by atoms with Gasteiger partial charge in [0.1, 0.15) is 0 Å². The van der Waals surface area contributed by atoms with Crippen LogP contribution >= 0.6 is 0 Å². The summed E-state index contributed by atoms with van der Waals surface area (Å²) in [6, 6.07) is 4.50. The van der Waals surface area contributed by atoms with Gasteiger partial charge in [0.25, 0.3) is 0 Å². The number of sulfonamides is 1. The standard InChI is InChI=1S/C12H15N3O3S/c1-7(8-2-3-8)15-19(17,18)9-4-5-10-11(6-9)14-12(16)13-10/h4-8,15H,2-3H2,1H3,(H2,13,14,16)/t7-/m1/s1. The molecule has 1 atom stereocenters. The lowest BCUT2D eigenvalue weighted by Crippen LogP contribution is -2.33. The molecule has 0 aliphatic heterocycles. The molecule has 0 unspecified atom stereocenters. The van der Waals surface area contributed by atoms with Crippen molar-refractivity contribution in [1.29, 1.82) is 0 Å². The smallest absolute Gasteiger partial charge is 0.306 e. The molecule has 0 amide bonds. The van der Waals surface area contributed by atoms with Crippen LogP contribution < -0.4 is 10.4 Å². The third-order valence-corrected chi connectivity index (χ3v) is 5.02. The van der Waals surface area contributed by atoms with Crippen LogP contribution in [0.2, 0.25) is 0 Å². The Bertz CT molecular complexity index is 771. The number of fused-ring (bicyclic) bond motifs is 1. The molecule has 102 valence electrons. The van der Waals surface area contributed by atoms with Gasteiger partial charge in [-0.2, -0.15) is 0 Å². The summed E-state index contributed by atoms with van der Waals surface area (Å²) in [7, 11) is -3.53. The average molecular weight is 281 g/mol. The number of hydrogen-bond donors (Lipinski definition) is 3. The van der Waals surface area contributed by atoms with Crippen LogP contribution in [-0.2, 0) is 10.0 Å². The lowest BCUT2D eigenvalue weighted by Gasteiger charge is -2.13. The summed E-state index contributed by atoms with van der Waals surface area (Å²) in [6.07, 6.45) is 2.15. The highest BCUT2D eigenvalue weighted by Crippen LogP contribution is 2.33. The molecule has 1 aromatic heterocycles. The highest BCUT2D eigenvalue weighted by atomic mass is 32.2. The third-order valence-electron chi connectivity index (χ3n) is 3.47. The number of nitrogens with one attached hydrogen (secondary N) is 3. The molecule has 2 aromatic rings. The third kappa shape index (κ3) is 2.43. The van der Waals surface area contributed by atoms with Crippen LogP contribution in [0.3, 0.4) is 0 Å². The normalized spacial score (nSPS) is 17.7. The number of aromatic nitrogens is 2. The van der Waals surface area contributed by atoms with Crippen LogP contribution in [-0.4, -0.2) is 24.4 Å². The number of aromatic amines is 2. The fraction of sp³-hybridized carbons (Fsp3) is 0.417. The molecular weight excluding hydrogens is 266 g/mol. The average Bonchev–Trinajstić information content (AvgIpc) is 3.09. The van der Waals surface area contributed by atoms with Crippen LogP contribution in [0.1, 0.15) is 19.8 Å². The molecule has 7 heteroatoms. The van der Waals surface area contributed by atoms with Gasteiger partial charge in [0, 0.05) is 6.04 Å². The molecule has 1 aliphatic carbocycles. The van der Waals surface area contributed by atoms with Gasteiger partial charge in [-0.15, -0.1) is 0 Å². The van der Waals surface area contributed by atoms with Gasteiger partial charge in [0.15, 0.2) is 0 Å². The van der Waals surface area contributed by atoms with Gasteiger partial charge in [-0.05, 0) is 43.9 Å². The summed E-state index contributed by atoms with van der Waals surface area (Å²) in [5.74, 6) is 0.450. The predicted octanol–water partition coefficient (Wildman–Crippen LogP) is 0.933. The highest BCUT2D eigenvalue weighted by Gasteiger charge is 2.31. The Balaban J connectivity index is 1.95. The second-order valence-electron chi connectivity index (χ2n) is 5.03. The second kappa shape index (κ2) is 4.21. The summed E-state index contributed by atoms with van der Waals surface area (Å²) in [5.41, 5.74) is 0.745. The van der Waals surface area contributed by atoms with Crippen molar-refractivity contribution in [2.24, 2.45) is 5.92 Å². The maximum atomic E-state index is 12.2. The van der Waals surface area contributed by atoms with E-state index in [4.69, 9.17) is 0 Å². The molecule has 1 heterocycles. The molecule has 1 fully saturated rings. The van der Waals surface area contributed by atoms with Crippen molar-refractivity contribution in [3.63, 3.8) is 0 Å². The Morgan fingerprint density at radius 2 is 1.95 bits per heavy atom. The Kier molecular flexibility index (Phi) is 2.75.